The molecule has 0 amide bonds. The molecule has 0 fully saturated rings. The molecule has 3 nitrogen and oxygen atoms in total. The molecule has 0 saturated carbocycles. The van der Waals surface area contributed by atoms with Crippen LogP contribution < -0.4 is 0 Å². The summed E-state index contributed by atoms with van der Waals surface area (Å²) in [7, 11) is 0. The van der Waals surface area contributed by atoms with E-state index < -0.39 is 0 Å². The zero-order valence-corrected chi connectivity index (χ0v) is 10.5. The normalized spacial score (nSPS) is 10.6. The maximum atomic E-state index is 5.78. The summed E-state index contributed by atoms with van der Waals surface area (Å²) in [4.78, 5) is 0. The van der Waals surface area contributed by atoms with Crippen LogP contribution in [0, 0.1) is 6.92 Å². The molecule has 0 aliphatic carbocycles. The van der Waals surface area contributed by atoms with Gasteiger partial charge in [0.1, 0.15) is 6.33 Å². The number of hydrogen-bond acceptors (Lipinski definition) is 2. The molecule has 0 aliphatic heterocycles. The van der Waals surface area contributed by atoms with E-state index in [1.165, 1.54) is 5.56 Å². The van der Waals surface area contributed by atoms with E-state index in [1.807, 2.05) is 23.6 Å². The Labute approximate surface area is 101 Å². The minimum atomic E-state index is 0.348. The second-order valence-electron chi connectivity index (χ2n) is 3.21. The average Bonchev–Trinajstić information content (AvgIpc) is 2.69. The fourth-order valence-electron chi connectivity index (χ4n) is 1.36. The van der Waals surface area contributed by atoms with Gasteiger partial charge in [0.2, 0.25) is 0 Å². The Bertz CT molecular complexity index is 481. The number of nitrogens with zero attached hydrogens (tertiary/aromatic N) is 3. The molecule has 0 spiro atoms. The fraction of sp³-hybridized carbons (Fsp3) is 0.200. The van der Waals surface area contributed by atoms with Crippen molar-refractivity contribution in [2.45, 2.75) is 12.8 Å². The first-order valence-electron chi connectivity index (χ1n) is 4.44. The third-order valence-electron chi connectivity index (χ3n) is 2.10. The molecule has 0 atom stereocenters. The van der Waals surface area contributed by atoms with Crippen molar-refractivity contribution in [2.75, 3.05) is 0 Å². The molecular formula is C10H9BrClN3. The van der Waals surface area contributed by atoms with E-state index in [4.69, 9.17) is 11.6 Å². The van der Waals surface area contributed by atoms with E-state index in [2.05, 4.69) is 32.2 Å². The van der Waals surface area contributed by atoms with Crippen LogP contribution in [0.1, 0.15) is 11.4 Å². The third-order valence-corrected chi connectivity index (χ3v) is 3.01. The van der Waals surface area contributed by atoms with Gasteiger partial charge in [0, 0.05) is 4.47 Å². The first kappa shape index (κ1) is 10.6. The molecule has 0 saturated heterocycles. The number of hydrogen-bond donors (Lipinski definition) is 0. The molecule has 15 heavy (non-hydrogen) atoms. The maximum Gasteiger partial charge on any atom is 0.152 e. The maximum absolute atomic E-state index is 5.78. The van der Waals surface area contributed by atoms with Crippen molar-refractivity contribution in [2.24, 2.45) is 0 Å². The zero-order chi connectivity index (χ0) is 10.8. The van der Waals surface area contributed by atoms with Crippen LogP contribution >= 0.6 is 27.5 Å². The Morgan fingerprint density at radius 1 is 1.47 bits per heavy atom. The molecule has 2 rings (SSSR count). The standard InChI is InChI=1S/C10H9BrClN3/c1-7-2-3-8(11)9(4-7)15-6-13-14-10(15)5-12/h2-4,6H,5H2,1H3. The Morgan fingerprint density at radius 2 is 2.27 bits per heavy atom. The zero-order valence-electron chi connectivity index (χ0n) is 8.11. The smallest absolute Gasteiger partial charge is 0.152 e. The molecule has 0 bridgehead atoms. The summed E-state index contributed by atoms with van der Waals surface area (Å²) in [6, 6.07) is 6.10. The highest BCUT2D eigenvalue weighted by molar-refractivity contribution is 9.10. The lowest BCUT2D eigenvalue weighted by atomic mass is 10.2. The van der Waals surface area contributed by atoms with Gasteiger partial charge in [-0.3, -0.25) is 4.57 Å². The van der Waals surface area contributed by atoms with Crippen LogP contribution in [-0.4, -0.2) is 14.8 Å². The van der Waals surface area contributed by atoms with Gasteiger partial charge in [-0.25, -0.2) is 0 Å². The molecule has 0 unspecified atom stereocenters. The number of halogens is 2. The molecule has 1 aromatic heterocycles. The van der Waals surface area contributed by atoms with Crippen LogP contribution in [0.15, 0.2) is 29.0 Å². The molecule has 1 aromatic carbocycles. The lowest BCUT2D eigenvalue weighted by Crippen LogP contribution is -1.99. The Kier molecular flexibility index (Phi) is 3.07. The predicted octanol–water partition coefficient (Wildman–Crippen LogP) is 3.08. The van der Waals surface area contributed by atoms with E-state index in [9.17, 15) is 0 Å². The highest BCUT2D eigenvalue weighted by Crippen LogP contribution is 2.23. The van der Waals surface area contributed by atoms with Crippen LogP contribution in [0.3, 0.4) is 0 Å². The van der Waals surface area contributed by atoms with Gasteiger partial charge >= 0.3 is 0 Å². The Morgan fingerprint density at radius 3 is 3.00 bits per heavy atom. The molecule has 78 valence electrons. The summed E-state index contributed by atoms with van der Waals surface area (Å²) < 4.78 is 2.88. The molecule has 2 aromatic rings. The molecule has 1 heterocycles. The minimum absolute atomic E-state index is 0.348. The third kappa shape index (κ3) is 2.06. The average molecular weight is 287 g/mol. The van der Waals surface area contributed by atoms with Crippen LogP contribution in [0.25, 0.3) is 5.69 Å². The van der Waals surface area contributed by atoms with Gasteiger partial charge < -0.3 is 0 Å². The quantitative estimate of drug-likeness (QED) is 0.794. The van der Waals surface area contributed by atoms with Gasteiger partial charge in [0.05, 0.1) is 11.6 Å². The van der Waals surface area contributed by atoms with Gasteiger partial charge in [-0.05, 0) is 40.5 Å². The van der Waals surface area contributed by atoms with Crippen molar-refractivity contribution in [3.05, 3.63) is 40.4 Å². The molecule has 0 N–H and O–H groups in total. The van der Waals surface area contributed by atoms with E-state index >= 15 is 0 Å². The van der Waals surface area contributed by atoms with E-state index in [1.54, 1.807) is 6.33 Å². The monoisotopic (exact) mass is 285 g/mol. The van der Waals surface area contributed by atoms with E-state index in [0.717, 1.165) is 16.0 Å². The summed E-state index contributed by atoms with van der Waals surface area (Å²) in [6.07, 6.45) is 1.66. The van der Waals surface area contributed by atoms with Crippen molar-refractivity contribution >= 4 is 27.5 Å². The summed E-state index contributed by atoms with van der Waals surface area (Å²) in [5, 5.41) is 7.79. The first-order valence-corrected chi connectivity index (χ1v) is 5.76. The van der Waals surface area contributed by atoms with Crippen molar-refractivity contribution in [3.8, 4) is 5.69 Å². The highest BCUT2D eigenvalue weighted by atomic mass is 79.9. The summed E-state index contributed by atoms with van der Waals surface area (Å²) in [5.41, 5.74) is 2.19. The Balaban J connectivity index is 2.58. The first-order chi connectivity index (χ1) is 7.22. The van der Waals surface area contributed by atoms with Crippen LogP contribution in [0.5, 0.6) is 0 Å². The van der Waals surface area contributed by atoms with Crippen LogP contribution in [0.4, 0.5) is 0 Å². The number of benzene rings is 1. The molecule has 0 aliphatic rings. The lowest BCUT2D eigenvalue weighted by molar-refractivity contribution is 0.945. The number of aromatic nitrogens is 3. The van der Waals surface area contributed by atoms with Gasteiger partial charge in [-0.1, -0.05) is 6.07 Å². The minimum Gasteiger partial charge on any atom is -0.283 e. The van der Waals surface area contributed by atoms with E-state index in [0.29, 0.717) is 5.88 Å². The summed E-state index contributed by atoms with van der Waals surface area (Å²) in [6.45, 7) is 2.04. The number of alkyl halides is 1. The summed E-state index contributed by atoms with van der Waals surface area (Å²) >= 11 is 9.27. The van der Waals surface area contributed by atoms with Gasteiger partial charge in [-0.15, -0.1) is 21.8 Å². The van der Waals surface area contributed by atoms with Gasteiger partial charge in [0.15, 0.2) is 5.82 Å². The number of rotatable bonds is 2. The largest absolute Gasteiger partial charge is 0.283 e. The second-order valence-corrected chi connectivity index (χ2v) is 4.33. The molecule has 0 radical (unpaired) electrons. The van der Waals surface area contributed by atoms with Crippen molar-refractivity contribution in [1.29, 1.82) is 0 Å². The van der Waals surface area contributed by atoms with Crippen molar-refractivity contribution in [3.63, 3.8) is 0 Å². The van der Waals surface area contributed by atoms with Crippen molar-refractivity contribution < 1.29 is 0 Å². The molecular weight excluding hydrogens is 277 g/mol. The van der Waals surface area contributed by atoms with Crippen molar-refractivity contribution in [1.82, 2.24) is 14.8 Å². The Hall–Kier alpha value is -0.870. The topological polar surface area (TPSA) is 30.7 Å². The second kappa shape index (κ2) is 4.33. The lowest BCUT2D eigenvalue weighted by Gasteiger charge is -2.08. The van der Waals surface area contributed by atoms with Gasteiger partial charge in [0.25, 0.3) is 0 Å². The van der Waals surface area contributed by atoms with Crippen LogP contribution in [-0.2, 0) is 5.88 Å². The van der Waals surface area contributed by atoms with E-state index in [-0.39, 0.29) is 0 Å². The summed E-state index contributed by atoms with van der Waals surface area (Å²) in [5.74, 6) is 1.09. The van der Waals surface area contributed by atoms with Crippen LogP contribution in [0.2, 0.25) is 0 Å². The number of aryl methyl sites for hydroxylation is 1. The molecule has 5 heteroatoms. The SMILES string of the molecule is Cc1ccc(Br)c(-n2cnnc2CCl)c1. The highest BCUT2D eigenvalue weighted by Gasteiger charge is 2.08. The fourth-order valence-corrected chi connectivity index (χ4v) is 1.98. The predicted molar refractivity (Wildman–Crippen MR) is 63.4 cm³/mol. The van der Waals surface area contributed by atoms with Gasteiger partial charge in [-0.2, -0.15) is 0 Å².